The highest BCUT2D eigenvalue weighted by Gasteiger charge is 2.41. The molecule has 1 rings (SSSR count). The summed E-state index contributed by atoms with van der Waals surface area (Å²) in [7, 11) is -1.80. The largest absolute Gasteiger partial charge is 0.278 e. The van der Waals surface area contributed by atoms with Crippen LogP contribution in [-0.4, -0.2) is 13.9 Å². The zero-order valence-electron chi connectivity index (χ0n) is 13.7. The number of ketones is 1. The van der Waals surface area contributed by atoms with Crippen molar-refractivity contribution in [2.24, 2.45) is 0 Å². The van der Waals surface area contributed by atoms with Gasteiger partial charge in [-0.2, -0.15) is 0 Å². The van der Waals surface area contributed by atoms with Gasteiger partial charge in [-0.3, -0.25) is 4.79 Å². The molecular weight excluding hydrogens is 280 g/mol. The van der Waals surface area contributed by atoms with Crippen LogP contribution in [0.15, 0.2) is 11.4 Å². The molecule has 0 saturated carbocycles. The third kappa shape index (κ3) is 3.24. The highest BCUT2D eigenvalue weighted by molar-refractivity contribution is 7.12. The molecule has 0 bridgehead atoms. The van der Waals surface area contributed by atoms with Gasteiger partial charge in [0.2, 0.25) is 5.78 Å². The summed E-state index contributed by atoms with van der Waals surface area (Å²) < 4.78 is 0. The van der Waals surface area contributed by atoms with Crippen LogP contribution >= 0.6 is 11.3 Å². The molecule has 0 radical (unpaired) electrons. The minimum Gasteiger partial charge on any atom is -0.278 e. The molecule has 0 aromatic carbocycles. The highest BCUT2D eigenvalue weighted by Crippen LogP contribution is 2.40. The van der Waals surface area contributed by atoms with E-state index in [2.05, 4.69) is 53.0 Å². The van der Waals surface area contributed by atoms with Crippen LogP contribution in [0.3, 0.4) is 0 Å². The summed E-state index contributed by atoms with van der Waals surface area (Å²) in [5, 5.41) is 1.96. The van der Waals surface area contributed by atoms with Crippen LogP contribution in [0.5, 0.6) is 0 Å². The molecule has 0 N–H and O–H groups in total. The van der Waals surface area contributed by atoms with Crippen LogP contribution in [0.2, 0.25) is 16.6 Å². The van der Waals surface area contributed by atoms with Crippen molar-refractivity contribution in [1.29, 1.82) is 0 Å². The van der Waals surface area contributed by atoms with Crippen molar-refractivity contribution in [2.75, 3.05) is 0 Å². The third-order valence-corrected chi connectivity index (χ3v) is 11.6. The lowest BCUT2D eigenvalue weighted by Crippen LogP contribution is -2.43. The zero-order valence-corrected chi connectivity index (χ0v) is 15.5. The molecule has 0 unspecified atom stereocenters. The highest BCUT2D eigenvalue weighted by atomic mass is 32.1. The second-order valence-electron chi connectivity index (χ2n) is 6.41. The molecule has 0 fully saturated rings. The van der Waals surface area contributed by atoms with Gasteiger partial charge in [-0.15, -0.1) is 16.9 Å². The Morgan fingerprint density at radius 1 is 1.10 bits per heavy atom. The predicted octanol–water partition coefficient (Wildman–Crippen LogP) is 5.46. The van der Waals surface area contributed by atoms with E-state index in [0.717, 1.165) is 10.4 Å². The number of Topliss-reactive ketones (excluding diaryl/α,β-unsaturated/α-hetero) is 1. The Bertz CT molecular complexity index is 507. The van der Waals surface area contributed by atoms with Crippen LogP contribution in [-0.2, 0) is 0 Å². The lowest BCUT2D eigenvalue weighted by atomic mass is 10.2. The summed E-state index contributed by atoms with van der Waals surface area (Å²) in [5.74, 6) is 2.99. The quantitative estimate of drug-likeness (QED) is 0.410. The van der Waals surface area contributed by atoms with Crippen LogP contribution in [0.25, 0.3) is 0 Å². The van der Waals surface area contributed by atoms with Gasteiger partial charge in [0.1, 0.15) is 8.07 Å². The average Bonchev–Trinajstić information content (AvgIpc) is 2.74. The Hall–Kier alpha value is -0.853. The monoisotopic (exact) mass is 306 g/mol. The molecule has 1 nitrogen and oxygen atoms in total. The Kier molecular flexibility index (Phi) is 5.79. The van der Waals surface area contributed by atoms with E-state index in [1.165, 1.54) is 11.3 Å². The number of rotatable bonds is 4. The fourth-order valence-electron chi connectivity index (χ4n) is 3.26. The second-order valence-corrected chi connectivity index (χ2v) is 12.9. The van der Waals surface area contributed by atoms with Crippen LogP contribution in [0.1, 0.15) is 56.8 Å². The first kappa shape index (κ1) is 17.2. The molecule has 1 aromatic rings. The van der Waals surface area contributed by atoms with E-state index in [0.29, 0.717) is 16.6 Å². The molecule has 0 saturated heterocycles. The Balaban J connectivity index is 3.19. The SMILES string of the molecule is Cc1ccsc1C(=O)C#C[Si](C(C)C)(C(C)C)C(C)C. The van der Waals surface area contributed by atoms with Crippen molar-refractivity contribution in [1.82, 2.24) is 0 Å². The summed E-state index contributed by atoms with van der Waals surface area (Å²) in [6.45, 7) is 15.6. The topological polar surface area (TPSA) is 17.1 Å². The van der Waals surface area contributed by atoms with E-state index in [9.17, 15) is 4.79 Å². The van der Waals surface area contributed by atoms with Gasteiger partial charge >= 0.3 is 0 Å². The van der Waals surface area contributed by atoms with Crippen molar-refractivity contribution >= 4 is 25.2 Å². The fourth-order valence-corrected chi connectivity index (χ4v) is 9.28. The number of aryl methyl sites for hydroxylation is 1. The predicted molar refractivity (Wildman–Crippen MR) is 92.2 cm³/mol. The normalized spacial score (nSPS) is 11.9. The molecule has 20 heavy (non-hydrogen) atoms. The van der Waals surface area contributed by atoms with E-state index in [1.54, 1.807) is 0 Å². The number of carbonyl (C=O) groups excluding carboxylic acids is 1. The third-order valence-electron chi connectivity index (χ3n) is 4.33. The zero-order chi connectivity index (χ0) is 15.5. The maximum atomic E-state index is 12.3. The van der Waals surface area contributed by atoms with Gasteiger partial charge in [-0.25, -0.2) is 0 Å². The van der Waals surface area contributed by atoms with Gasteiger partial charge in [-0.1, -0.05) is 41.5 Å². The van der Waals surface area contributed by atoms with E-state index in [4.69, 9.17) is 0 Å². The smallest absolute Gasteiger partial charge is 0.245 e. The van der Waals surface area contributed by atoms with Crippen molar-refractivity contribution in [3.05, 3.63) is 21.9 Å². The van der Waals surface area contributed by atoms with E-state index >= 15 is 0 Å². The lowest BCUT2D eigenvalue weighted by molar-refractivity contribution is 0.105. The molecule has 0 aliphatic carbocycles. The van der Waals surface area contributed by atoms with Crippen molar-refractivity contribution in [3.8, 4) is 11.5 Å². The first-order valence-electron chi connectivity index (χ1n) is 7.35. The second kappa shape index (κ2) is 6.73. The first-order valence-corrected chi connectivity index (χ1v) is 10.5. The molecule has 1 heterocycles. The van der Waals surface area contributed by atoms with E-state index in [-0.39, 0.29) is 5.78 Å². The van der Waals surface area contributed by atoms with Crippen molar-refractivity contribution < 1.29 is 4.79 Å². The minimum atomic E-state index is -1.80. The number of thiophene rings is 1. The van der Waals surface area contributed by atoms with Gasteiger partial charge in [0.05, 0.1) is 4.88 Å². The molecule has 0 atom stereocenters. The van der Waals surface area contributed by atoms with Gasteiger partial charge in [0.15, 0.2) is 0 Å². The van der Waals surface area contributed by atoms with Crippen LogP contribution in [0, 0.1) is 18.4 Å². The van der Waals surface area contributed by atoms with Gasteiger partial charge in [-0.05, 0) is 46.5 Å². The van der Waals surface area contributed by atoms with Gasteiger partial charge in [0, 0.05) is 0 Å². The van der Waals surface area contributed by atoms with Crippen molar-refractivity contribution in [2.45, 2.75) is 65.1 Å². The number of carbonyl (C=O) groups is 1. The molecule has 3 heteroatoms. The van der Waals surface area contributed by atoms with Crippen LogP contribution in [0.4, 0.5) is 0 Å². The summed E-state index contributed by atoms with van der Waals surface area (Å²) in [5.41, 5.74) is 6.22. The summed E-state index contributed by atoms with van der Waals surface area (Å²) in [6, 6.07) is 1.98. The van der Waals surface area contributed by atoms with Gasteiger partial charge in [0.25, 0.3) is 0 Å². The molecule has 110 valence electrons. The summed E-state index contributed by atoms with van der Waals surface area (Å²) in [6.07, 6.45) is 0. The molecular formula is C17H26OSSi. The summed E-state index contributed by atoms with van der Waals surface area (Å²) in [4.78, 5) is 13.1. The number of hydrogen-bond donors (Lipinski definition) is 0. The first-order chi connectivity index (χ1) is 9.23. The molecule has 0 aliphatic rings. The van der Waals surface area contributed by atoms with Crippen molar-refractivity contribution in [3.63, 3.8) is 0 Å². The minimum absolute atomic E-state index is 0.00340. The molecule has 1 aromatic heterocycles. The maximum absolute atomic E-state index is 12.3. The van der Waals surface area contributed by atoms with Crippen LogP contribution < -0.4 is 0 Å². The summed E-state index contributed by atoms with van der Waals surface area (Å²) >= 11 is 1.50. The maximum Gasteiger partial charge on any atom is 0.245 e. The molecule has 0 amide bonds. The standard InChI is InChI=1S/C17H26OSSi/c1-12(2)20(13(3)4,14(5)6)11-9-16(18)17-15(7)8-10-19-17/h8,10,12-14H,1-7H3. The molecule has 0 spiro atoms. The Morgan fingerprint density at radius 2 is 1.60 bits per heavy atom. The lowest BCUT2D eigenvalue weighted by Gasteiger charge is -2.37. The molecule has 0 aliphatic heterocycles. The fraction of sp³-hybridized carbons (Fsp3) is 0.588. The number of hydrogen-bond acceptors (Lipinski definition) is 2. The van der Waals surface area contributed by atoms with E-state index in [1.807, 2.05) is 18.4 Å². The van der Waals surface area contributed by atoms with Gasteiger partial charge < -0.3 is 0 Å². The average molecular weight is 307 g/mol. The Morgan fingerprint density at radius 3 is 1.95 bits per heavy atom. The Labute approximate surface area is 128 Å². The van der Waals surface area contributed by atoms with E-state index < -0.39 is 8.07 Å².